The number of benzene rings is 1. The quantitative estimate of drug-likeness (QED) is 0.739. The molecule has 0 radical (unpaired) electrons. The van der Waals surface area contributed by atoms with Crippen molar-refractivity contribution in [2.75, 3.05) is 21.2 Å². The molecule has 1 unspecified atom stereocenters. The monoisotopic (exact) mass is 232 g/mol. The number of hydrogen-bond acceptors (Lipinski definition) is 4. The minimum absolute atomic E-state index is 0.193. The van der Waals surface area contributed by atoms with Crippen LogP contribution in [0.15, 0.2) is 24.3 Å². The number of esters is 1. The van der Waals surface area contributed by atoms with Crippen molar-refractivity contribution < 1.29 is 9.53 Å². The van der Waals surface area contributed by atoms with Crippen molar-refractivity contribution in [1.29, 1.82) is 5.26 Å². The Morgan fingerprint density at radius 3 is 2.65 bits per heavy atom. The normalized spacial score (nSPS) is 11.9. The second-order valence-corrected chi connectivity index (χ2v) is 3.95. The lowest BCUT2D eigenvalue weighted by Gasteiger charge is -2.20. The van der Waals surface area contributed by atoms with Crippen LogP contribution >= 0.6 is 0 Å². The Kier molecular flexibility index (Phi) is 4.68. The van der Waals surface area contributed by atoms with Gasteiger partial charge in [-0.3, -0.25) is 9.69 Å². The summed E-state index contributed by atoms with van der Waals surface area (Å²) in [5.41, 5.74) is 1.69. The van der Waals surface area contributed by atoms with Crippen LogP contribution in [0.25, 0.3) is 0 Å². The zero-order valence-corrected chi connectivity index (χ0v) is 10.3. The molecule has 0 saturated carbocycles. The third-order valence-corrected chi connectivity index (χ3v) is 2.55. The molecule has 1 aromatic carbocycles. The highest BCUT2D eigenvalue weighted by Gasteiger charge is 2.17. The van der Waals surface area contributed by atoms with E-state index in [-0.39, 0.29) is 18.4 Å². The average Bonchev–Trinajstić information content (AvgIpc) is 2.31. The number of methoxy groups -OCH3 is 1. The van der Waals surface area contributed by atoms with E-state index >= 15 is 0 Å². The molecule has 0 aliphatic carbocycles. The largest absolute Gasteiger partial charge is 0.469 e. The molecule has 90 valence electrons. The molecule has 17 heavy (non-hydrogen) atoms. The molecule has 4 heteroatoms. The number of hydrogen-bond donors (Lipinski definition) is 0. The van der Waals surface area contributed by atoms with Gasteiger partial charge in [0.2, 0.25) is 0 Å². The smallest absolute Gasteiger partial charge is 0.309 e. The van der Waals surface area contributed by atoms with Crippen LogP contribution < -0.4 is 0 Å². The summed E-state index contributed by atoms with van der Waals surface area (Å²) in [6.45, 7) is 0. The van der Waals surface area contributed by atoms with Gasteiger partial charge in [0.1, 0.15) is 6.04 Å². The Labute approximate surface area is 101 Å². The van der Waals surface area contributed by atoms with E-state index in [9.17, 15) is 4.79 Å². The van der Waals surface area contributed by atoms with Crippen molar-refractivity contribution in [1.82, 2.24) is 4.90 Å². The fourth-order valence-corrected chi connectivity index (χ4v) is 1.65. The van der Waals surface area contributed by atoms with Gasteiger partial charge < -0.3 is 4.74 Å². The lowest BCUT2D eigenvalue weighted by molar-refractivity contribution is -0.139. The van der Waals surface area contributed by atoms with Crippen LogP contribution in [-0.2, 0) is 16.0 Å². The average molecular weight is 232 g/mol. The Morgan fingerprint density at radius 1 is 1.47 bits per heavy atom. The molecule has 0 bridgehead atoms. The van der Waals surface area contributed by atoms with Crippen molar-refractivity contribution in [3.8, 4) is 6.07 Å². The van der Waals surface area contributed by atoms with Crippen LogP contribution in [0.5, 0.6) is 0 Å². The Hall–Kier alpha value is -1.86. The number of rotatable bonds is 4. The maximum Gasteiger partial charge on any atom is 0.309 e. The molecular weight excluding hydrogens is 216 g/mol. The van der Waals surface area contributed by atoms with Crippen molar-refractivity contribution in [2.45, 2.75) is 12.5 Å². The molecule has 4 nitrogen and oxygen atoms in total. The molecule has 1 atom stereocenters. The molecule has 0 amide bonds. The Bertz CT molecular complexity index is 435. The van der Waals surface area contributed by atoms with Gasteiger partial charge >= 0.3 is 5.97 Å². The van der Waals surface area contributed by atoms with E-state index in [4.69, 9.17) is 5.26 Å². The zero-order valence-electron chi connectivity index (χ0n) is 10.3. The summed E-state index contributed by atoms with van der Waals surface area (Å²) in [6.07, 6.45) is 0.193. The highest BCUT2D eigenvalue weighted by atomic mass is 16.5. The van der Waals surface area contributed by atoms with E-state index in [1.807, 2.05) is 43.3 Å². The van der Waals surface area contributed by atoms with Gasteiger partial charge in [-0.25, -0.2) is 0 Å². The number of ether oxygens (including phenoxy) is 1. The maximum absolute atomic E-state index is 11.3. The van der Waals surface area contributed by atoms with Gasteiger partial charge in [-0.05, 0) is 25.2 Å². The van der Waals surface area contributed by atoms with Gasteiger partial charge in [0.25, 0.3) is 0 Å². The van der Waals surface area contributed by atoms with Gasteiger partial charge in [-0.15, -0.1) is 0 Å². The van der Waals surface area contributed by atoms with Crippen LogP contribution in [-0.4, -0.2) is 32.1 Å². The van der Waals surface area contributed by atoms with Crippen LogP contribution in [0.2, 0.25) is 0 Å². The number of nitriles is 1. The molecule has 0 saturated heterocycles. The highest BCUT2D eigenvalue weighted by Crippen LogP contribution is 2.22. The molecule has 1 aromatic rings. The number of carbonyl (C=O) groups excluding carboxylic acids is 1. The van der Waals surface area contributed by atoms with Crippen molar-refractivity contribution >= 4 is 5.97 Å². The van der Waals surface area contributed by atoms with Crippen molar-refractivity contribution in [2.24, 2.45) is 0 Å². The van der Waals surface area contributed by atoms with Gasteiger partial charge in [-0.1, -0.05) is 24.3 Å². The summed E-state index contributed by atoms with van der Waals surface area (Å²) in [4.78, 5) is 13.1. The number of nitrogens with zero attached hydrogens (tertiary/aromatic N) is 2. The molecule has 0 aromatic heterocycles. The van der Waals surface area contributed by atoms with E-state index in [1.165, 1.54) is 7.11 Å². The minimum Gasteiger partial charge on any atom is -0.469 e. The summed E-state index contributed by atoms with van der Waals surface area (Å²) in [6, 6.07) is 9.30. The maximum atomic E-state index is 11.3. The van der Waals surface area contributed by atoms with Crippen molar-refractivity contribution in [3.05, 3.63) is 35.4 Å². The molecule has 0 aliphatic rings. The van der Waals surface area contributed by atoms with Crippen LogP contribution in [0.1, 0.15) is 17.2 Å². The summed E-state index contributed by atoms with van der Waals surface area (Å²) in [5.74, 6) is -0.298. The molecule has 0 N–H and O–H groups in total. The van der Waals surface area contributed by atoms with E-state index in [0.717, 1.165) is 11.1 Å². The Balaban J connectivity index is 3.07. The molecular formula is C13H16N2O2. The van der Waals surface area contributed by atoms with Crippen LogP contribution in [0, 0.1) is 11.3 Å². The highest BCUT2D eigenvalue weighted by molar-refractivity contribution is 5.73. The third-order valence-electron chi connectivity index (χ3n) is 2.55. The third kappa shape index (κ3) is 3.30. The van der Waals surface area contributed by atoms with Crippen LogP contribution in [0.4, 0.5) is 0 Å². The standard InChI is InChI=1S/C13H16N2O2/c1-15(2)12(9-14)11-7-5-4-6-10(11)8-13(16)17-3/h4-7,12H,8H2,1-3H3. The summed E-state index contributed by atoms with van der Waals surface area (Å²) in [5, 5.41) is 9.16. The fraction of sp³-hybridized carbons (Fsp3) is 0.385. The second-order valence-electron chi connectivity index (χ2n) is 3.95. The van der Waals surface area contributed by atoms with E-state index < -0.39 is 0 Å². The lowest BCUT2D eigenvalue weighted by atomic mass is 9.98. The first-order chi connectivity index (χ1) is 8.10. The zero-order chi connectivity index (χ0) is 12.8. The van der Waals surface area contributed by atoms with Gasteiger partial charge in [0, 0.05) is 0 Å². The Morgan fingerprint density at radius 2 is 2.12 bits per heavy atom. The molecule has 0 heterocycles. The first-order valence-corrected chi connectivity index (χ1v) is 5.30. The molecule has 0 spiro atoms. The van der Waals surface area contributed by atoms with E-state index in [0.29, 0.717) is 0 Å². The van der Waals surface area contributed by atoms with Crippen molar-refractivity contribution in [3.63, 3.8) is 0 Å². The SMILES string of the molecule is COC(=O)Cc1ccccc1C(C#N)N(C)C. The predicted octanol–water partition coefficient (Wildman–Crippen LogP) is 1.53. The molecule has 0 aliphatic heterocycles. The van der Waals surface area contributed by atoms with Gasteiger partial charge in [-0.2, -0.15) is 5.26 Å². The first kappa shape index (κ1) is 13.2. The van der Waals surface area contributed by atoms with Gasteiger partial charge in [0.05, 0.1) is 19.6 Å². The first-order valence-electron chi connectivity index (χ1n) is 5.30. The minimum atomic E-state index is -0.351. The summed E-state index contributed by atoms with van der Waals surface area (Å²) >= 11 is 0. The molecule has 1 rings (SSSR count). The number of carbonyl (C=O) groups is 1. The summed E-state index contributed by atoms with van der Waals surface area (Å²) in [7, 11) is 5.03. The topological polar surface area (TPSA) is 53.3 Å². The predicted molar refractivity (Wildman–Crippen MR) is 64.2 cm³/mol. The molecule has 0 fully saturated rings. The lowest BCUT2D eigenvalue weighted by Crippen LogP contribution is -2.20. The van der Waals surface area contributed by atoms with Gasteiger partial charge in [0.15, 0.2) is 0 Å². The van der Waals surface area contributed by atoms with E-state index in [2.05, 4.69) is 10.8 Å². The van der Waals surface area contributed by atoms with Crippen LogP contribution in [0.3, 0.4) is 0 Å². The fourth-order valence-electron chi connectivity index (χ4n) is 1.65. The second kappa shape index (κ2) is 6.02. The summed E-state index contributed by atoms with van der Waals surface area (Å²) < 4.78 is 4.65. The van der Waals surface area contributed by atoms with E-state index in [1.54, 1.807) is 0 Å².